The molecule has 5 nitrogen and oxygen atoms in total. The maximum Gasteiger partial charge on any atom is 0.226 e. The van der Waals surface area contributed by atoms with Crippen LogP contribution in [0, 0.1) is 6.92 Å². The molecule has 0 radical (unpaired) electrons. The molecule has 5 heteroatoms. The molecule has 0 aliphatic heterocycles. The van der Waals surface area contributed by atoms with Gasteiger partial charge >= 0.3 is 0 Å². The van der Waals surface area contributed by atoms with E-state index in [1.807, 2.05) is 49.4 Å². The molecule has 138 valence electrons. The molecule has 1 aromatic heterocycles. The van der Waals surface area contributed by atoms with Gasteiger partial charge in [0.1, 0.15) is 5.76 Å². The van der Waals surface area contributed by atoms with Crippen LogP contribution in [0.3, 0.4) is 0 Å². The second-order valence-corrected chi connectivity index (χ2v) is 6.53. The van der Waals surface area contributed by atoms with Crippen molar-refractivity contribution >= 4 is 5.78 Å². The third-order valence-electron chi connectivity index (χ3n) is 4.84. The molecule has 0 saturated heterocycles. The minimum atomic E-state index is 0.168. The van der Waals surface area contributed by atoms with Gasteiger partial charge in [-0.25, -0.2) is 4.98 Å². The fourth-order valence-electron chi connectivity index (χ4n) is 3.45. The number of methoxy groups -OCH3 is 1. The first-order chi connectivity index (χ1) is 13.2. The third-order valence-corrected chi connectivity index (χ3v) is 4.84. The van der Waals surface area contributed by atoms with Crippen LogP contribution in [0.25, 0.3) is 11.5 Å². The van der Waals surface area contributed by atoms with Gasteiger partial charge in [-0.15, -0.1) is 0 Å². The summed E-state index contributed by atoms with van der Waals surface area (Å²) in [5.74, 6) is 2.91. The van der Waals surface area contributed by atoms with Gasteiger partial charge in [-0.2, -0.15) is 0 Å². The highest BCUT2D eigenvalue weighted by Crippen LogP contribution is 2.38. The predicted molar refractivity (Wildman–Crippen MR) is 102 cm³/mol. The number of fused-ring (bicyclic) bond motifs is 1. The third kappa shape index (κ3) is 3.33. The number of carbonyl (C=O) groups excluding carboxylic acids is 1. The van der Waals surface area contributed by atoms with Crippen molar-refractivity contribution in [3.05, 3.63) is 65.0 Å². The van der Waals surface area contributed by atoms with E-state index in [0.717, 1.165) is 28.1 Å². The predicted octanol–water partition coefficient (Wildman–Crippen LogP) is 4.41. The Kier molecular flexibility index (Phi) is 4.67. The Morgan fingerprint density at radius 1 is 1.11 bits per heavy atom. The minimum Gasteiger partial charge on any atom is -0.493 e. The smallest absolute Gasteiger partial charge is 0.226 e. The van der Waals surface area contributed by atoms with Gasteiger partial charge in [0.25, 0.3) is 0 Å². The number of benzene rings is 2. The molecule has 0 saturated carbocycles. The maximum absolute atomic E-state index is 11.9. The van der Waals surface area contributed by atoms with E-state index in [9.17, 15) is 4.79 Å². The lowest BCUT2D eigenvalue weighted by Gasteiger charge is -2.13. The molecule has 1 heterocycles. The lowest BCUT2D eigenvalue weighted by Crippen LogP contribution is -2.05. The monoisotopic (exact) mass is 363 g/mol. The van der Waals surface area contributed by atoms with E-state index >= 15 is 0 Å². The van der Waals surface area contributed by atoms with Crippen molar-refractivity contribution in [1.82, 2.24) is 4.98 Å². The van der Waals surface area contributed by atoms with Gasteiger partial charge in [0.2, 0.25) is 5.89 Å². The Balaban J connectivity index is 1.47. The molecule has 2 aromatic carbocycles. The van der Waals surface area contributed by atoms with E-state index in [0.29, 0.717) is 43.3 Å². The Morgan fingerprint density at radius 3 is 2.70 bits per heavy atom. The average Bonchev–Trinajstić information content (AvgIpc) is 3.25. The SMILES string of the molecule is COc1c(OCCc2nc(-c3ccccc3)oc2C)ccc2c1CCC2=O. The first kappa shape index (κ1) is 17.3. The highest BCUT2D eigenvalue weighted by atomic mass is 16.5. The van der Waals surface area contributed by atoms with E-state index in [1.165, 1.54) is 0 Å². The molecule has 0 atom stereocenters. The number of hydrogen-bond acceptors (Lipinski definition) is 5. The Morgan fingerprint density at radius 2 is 1.93 bits per heavy atom. The number of nitrogens with zero attached hydrogens (tertiary/aromatic N) is 1. The molecular formula is C22H21NO4. The van der Waals surface area contributed by atoms with Crippen LogP contribution in [0.15, 0.2) is 46.9 Å². The van der Waals surface area contributed by atoms with Gasteiger partial charge in [0.15, 0.2) is 17.3 Å². The van der Waals surface area contributed by atoms with Gasteiger partial charge in [-0.05, 0) is 37.6 Å². The summed E-state index contributed by atoms with van der Waals surface area (Å²) in [4.78, 5) is 16.5. The van der Waals surface area contributed by atoms with E-state index in [2.05, 4.69) is 4.98 Å². The van der Waals surface area contributed by atoms with Gasteiger partial charge in [-0.3, -0.25) is 4.79 Å². The number of oxazole rings is 1. The molecule has 0 spiro atoms. The van der Waals surface area contributed by atoms with Gasteiger partial charge in [-0.1, -0.05) is 18.2 Å². The zero-order chi connectivity index (χ0) is 18.8. The van der Waals surface area contributed by atoms with Crippen molar-refractivity contribution in [2.45, 2.75) is 26.2 Å². The number of ketones is 1. The number of carbonyl (C=O) groups is 1. The largest absolute Gasteiger partial charge is 0.493 e. The summed E-state index contributed by atoms with van der Waals surface area (Å²) in [7, 11) is 1.61. The molecule has 0 N–H and O–H groups in total. The van der Waals surface area contributed by atoms with Crippen LogP contribution in [-0.4, -0.2) is 24.5 Å². The maximum atomic E-state index is 11.9. The molecule has 1 aliphatic carbocycles. The van der Waals surface area contributed by atoms with Crippen molar-refractivity contribution in [1.29, 1.82) is 0 Å². The van der Waals surface area contributed by atoms with E-state index in [-0.39, 0.29) is 5.78 Å². The Hall–Kier alpha value is -3.08. The van der Waals surface area contributed by atoms with Crippen molar-refractivity contribution < 1.29 is 18.7 Å². The first-order valence-corrected chi connectivity index (χ1v) is 9.05. The average molecular weight is 363 g/mol. The molecule has 0 amide bonds. The van der Waals surface area contributed by atoms with Crippen LogP contribution in [0.1, 0.15) is 33.8 Å². The van der Waals surface area contributed by atoms with Crippen molar-refractivity contribution in [2.24, 2.45) is 0 Å². The van der Waals surface area contributed by atoms with Gasteiger partial charge in [0, 0.05) is 29.5 Å². The van der Waals surface area contributed by atoms with Crippen molar-refractivity contribution in [3.63, 3.8) is 0 Å². The number of ether oxygens (including phenoxy) is 2. The van der Waals surface area contributed by atoms with E-state index in [1.54, 1.807) is 7.11 Å². The Bertz CT molecular complexity index is 975. The Labute approximate surface area is 157 Å². The molecule has 0 fully saturated rings. The quantitative estimate of drug-likeness (QED) is 0.649. The van der Waals surface area contributed by atoms with E-state index < -0.39 is 0 Å². The van der Waals surface area contributed by atoms with Crippen molar-refractivity contribution in [3.8, 4) is 23.0 Å². The van der Waals surface area contributed by atoms with Crippen LogP contribution in [-0.2, 0) is 12.8 Å². The molecule has 4 rings (SSSR count). The lowest BCUT2D eigenvalue weighted by atomic mass is 10.1. The lowest BCUT2D eigenvalue weighted by molar-refractivity contribution is 0.0994. The van der Waals surface area contributed by atoms with Gasteiger partial charge < -0.3 is 13.9 Å². The zero-order valence-electron chi connectivity index (χ0n) is 15.5. The highest BCUT2D eigenvalue weighted by molar-refractivity contribution is 6.01. The fraction of sp³-hybridized carbons (Fsp3) is 0.273. The summed E-state index contributed by atoms with van der Waals surface area (Å²) in [6.45, 7) is 2.36. The molecule has 1 aliphatic rings. The summed E-state index contributed by atoms with van der Waals surface area (Å²) in [5.41, 5.74) is 3.53. The highest BCUT2D eigenvalue weighted by Gasteiger charge is 2.25. The summed E-state index contributed by atoms with van der Waals surface area (Å²) < 4.78 is 17.2. The summed E-state index contributed by atoms with van der Waals surface area (Å²) in [6.07, 6.45) is 1.87. The zero-order valence-corrected chi connectivity index (χ0v) is 15.5. The van der Waals surface area contributed by atoms with Crippen LogP contribution >= 0.6 is 0 Å². The molecule has 0 bridgehead atoms. The molecule has 0 unspecified atom stereocenters. The number of Topliss-reactive ketones (excluding diaryl/α,β-unsaturated/α-hetero) is 1. The summed E-state index contributed by atoms with van der Waals surface area (Å²) in [6, 6.07) is 13.5. The van der Waals surface area contributed by atoms with Crippen LogP contribution in [0.2, 0.25) is 0 Å². The second-order valence-electron chi connectivity index (χ2n) is 6.53. The minimum absolute atomic E-state index is 0.168. The van der Waals surface area contributed by atoms with Crippen LogP contribution < -0.4 is 9.47 Å². The van der Waals surface area contributed by atoms with Crippen molar-refractivity contribution in [2.75, 3.05) is 13.7 Å². The standard InChI is InChI=1S/C22H21NO4/c1-14-18(23-22(27-14)15-6-4-3-5-7-15)12-13-26-20-11-9-16-17(21(20)25-2)8-10-19(16)24/h3-7,9,11H,8,10,12-13H2,1-2H3. The molecule has 3 aromatic rings. The normalized spacial score (nSPS) is 12.9. The summed E-state index contributed by atoms with van der Waals surface area (Å²) >= 11 is 0. The topological polar surface area (TPSA) is 61.6 Å². The fourth-order valence-corrected chi connectivity index (χ4v) is 3.45. The first-order valence-electron chi connectivity index (χ1n) is 9.05. The number of rotatable bonds is 6. The summed E-state index contributed by atoms with van der Waals surface area (Å²) in [5, 5.41) is 0. The van der Waals surface area contributed by atoms with Crippen LogP contribution in [0.5, 0.6) is 11.5 Å². The number of aromatic nitrogens is 1. The van der Waals surface area contributed by atoms with E-state index in [4.69, 9.17) is 13.9 Å². The molecule has 27 heavy (non-hydrogen) atoms. The number of hydrogen-bond donors (Lipinski definition) is 0. The van der Waals surface area contributed by atoms with Gasteiger partial charge in [0.05, 0.1) is 19.4 Å². The van der Waals surface area contributed by atoms with Crippen LogP contribution in [0.4, 0.5) is 0 Å². The second kappa shape index (κ2) is 7.27. The molecular weight excluding hydrogens is 342 g/mol. The number of aryl methyl sites for hydroxylation is 1.